The average molecular weight is 485 g/mol. The zero-order valence-electron chi connectivity index (χ0n) is 19.1. The van der Waals surface area contributed by atoms with Crippen LogP contribution in [-0.2, 0) is 4.79 Å². The lowest BCUT2D eigenvalue weighted by Gasteiger charge is -2.15. The van der Waals surface area contributed by atoms with E-state index in [-0.39, 0.29) is 10.2 Å². The Morgan fingerprint density at radius 2 is 1.88 bits per heavy atom. The van der Waals surface area contributed by atoms with Gasteiger partial charge in [0.05, 0.1) is 18.6 Å². The SMILES string of the molecule is CCCCCCOc1ccc(/C=C2\SC(=S)N(NC(=O)c3ccc(C)cc3)C2=O)cc1OC. The van der Waals surface area contributed by atoms with Gasteiger partial charge in [-0.25, -0.2) is 0 Å². The number of hydrogen-bond acceptors (Lipinski definition) is 6. The van der Waals surface area contributed by atoms with Gasteiger partial charge in [-0.15, -0.1) is 0 Å². The normalized spacial score (nSPS) is 14.6. The predicted octanol–water partition coefficient (Wildman–Crippen LogP) is 5.51. The highest BCUT2D eigenvalue weighted by Crippen LogP contribution is 2.34. The summed E-state index contributed by atoms with van der Waals surface area (Å²) in [4.78, 5) is 25.8. The smallest absolute Gasteiger partial charge is 0.285 e. The zero-order chi connectivity index (χ0) is 23.8. The summed E-state index contributed by atoms with van der Waals surface area (Å²) in [7, 11) is 1.59. The molecule has 0 aliphatic carbocycles. The minimum atomic E-state index is -0.394. The first-order chi connectivity index (χ1) is 15.9. The average Bonchev–Trinajstić information content (AvgIpc) is 3.07. The van der Waals surface area contributed by atoms with E-state index < -0.39 is 5.91 Å². The number of aryl methyl sites for hydroxylation is 1. The molecule has 2 aromatic carbocycles. The maximum Gasteiger partial charge on any atom is 0.285 e. The number of amides is 2. The van der Waals surface area contributed by atoms with Gasteiger partial charge < -0.3 is 9.47 Å². The number of hydrazine groups is 1. The largest absolute Gasteiger partial charge is 0.493 e. The van der Waals surface area contributed by atoms with Crippen LogP contribution in [0.3, 0.4) is 0 Å². The van der Waals surface area contributed by atoms with Crippen molar-refractivity contribution >= 4 is 46.2 Å². The minimum Gasteiger partial charge on any atom is -0.493 e. The lowest BCUT2D eigenvalue weighted by atomic mass is 10.1. The number of benzene rings is 2. The van der Waals surface area contributed by atoms with Crippen LogP contribution in [0.1, 0.15) is 54.1 Å². The molecule has 1 heterocycles. The van der Waals surface area contributed by atoms with Crippen LogP contribution in [-0.4, -0.2) is 34.9 Å². The molecule has 6 nitrogen and oxygen atoms in total. The van der Waals surface area contributed by atoms with Crippen molar-refractivity contribution in [1.82, 2.24) is 10.4 Å². The molecular formula is C25H28N2O4S2. The number of rotatable bonds is 10. The maximum absolute atomic E-state index is 12.9. The predicted molar refractivity (Wildman–Crippen MR) is 136 cm³/mol. The molecule has 1 saturated heterocycles. The Morgan fingerprint density at radius 3 is 2.58 bits per heavy atom. The highest BCUT2D eigenvalue weighted by atomic mass is 32.2. The quantitative estimate of drug-likeness (QED) is 0.273. The van der Waals surface area contributed by atoms with E-state index in [0.717, 1.165) is 40.7 Å². The Kier molecular flexibility index (Phi) is 8.91. The first kappa shape index (κ1) is 24.8. The van der Waals surface area contributed by atoms with Crippen LogP contribution in [0.2, 0.25) is 0 Å². The fourth-order valence-corrected chi connectivity index (χ4v) is 4.37. The third-order valence-corrected chi connectivity index (χ3v) is 6.36. The monoisotopic (exact) mass is 484 g/mol. The molecule has 8 heteroatoms. The summed E-state index contributed by atoms with van der Waals surface area (Å²) >= 11 is 6.45. The topological polar surface area (TPSA) is 67.9 Å². The van der Waals surface area contributed by atoms with Gasteiger partial charge in [0.25, 0.3) is 11.8 Å². The number of ether oxygens (including phenoxy) is 2. The third-order valence-electron chi connectivity index (χ3n) is 5.06. The van der Waals surface area contributed by atoms with Crippen LogP contribution in [0.15, 0.2) is 47.4 Å². The van der Waals surface area contributed by atoms with Gasteiger partial charge >= 0.3 is 0 Å². The molecule has 1 N–H and O–H groups in total. The molecule has 0 atom stereocenters. The summed E-state index contributed by atoms with van der Waals surface area (Å²) in [6, 6.07) is 12.6. The Hall–Kier alpha value is -2.84. The van der Waals surface area contributed by atoms with E-state index >= 15 is 0 Å². The van der Waals surface area contributed by atoms with E-state index in [1.54, 1.807) is 25.3 Å². The second kappa shape index (κ2) is 11.9. The van der Waals surface area contributed by atoms with Crippen molar-refractivity contribution in [2.45, 2.75) is 39.5 Å². The molecule has 0 saturated carbocycles. The number of hydrogen-bond donors (Lipinski definition) is 1. The van der Waals surface area contributed by atoms with Crippen LogP contribution in [0.4, 0.5) is 0 Å². The molecule has 1 fully saturated rings. The van der Waals surface area contributed by atoms with Gasteiger partial charge in [0.2, 0.25) is 0 Å². The Morgan fingerprint density at radius 1 is 1.12 bits per heavy atom. The van der Waals surface area contributed by atoms with Crippen LogP contribution < -0.4 is 14.9 Å². The van der Waals surface area contributed by atoms with E-state index in [4.69, 9.17) is 21.7 Å². The van der Waals surface area contributed by atoms with E-state index in [1.807, 2.05) is 37.3 Å². The zero-order valence-corrected chi connectivity index (χ0v) is 20.7. The second-order valence-corrected chi connectivity index (χ2v) is 9.32. The van der Waals surface area contributed by atoms with E-state index in [1.165, 1.54) is 12.8 Å². The first-order valence-corrected chi connectivity index (χ1v) is 12.1. The van der Waals surface area contributed by atoms with Crippen molar-refractivity contribution in [1.29, 1.82) is 0 Å². The summed E-state index contributed by atoms with van der Waals surface area (Å²) in [5.41, 5.74) is 4.87. The van der Waals surface area contributed by atoms with E-state index in [0.29, 0.717) is 28.6 Å². The van der Waals surface area contributed by atoms with Crippen LogP contribution in [0.25, 0.3) is 6.08 Å². The van der Waals surface area contributed by atoms with Gasteiger partial charge in [0.1, 0.15) is 0 Å². The molecule has 33 heavy (non-hydrogen) atoms. The van der Waals surface area contributed by atoms with Gasteiger partial charge in [-0.1, -0.05) is 61.7 Å². The van der Waals surface area contributed by atoms with Crippen LogP contribution in [0.5, 0.6) is 11.5 Å². The van der Waals surface area contributed by atoms with Gasteiger partial charge in [-0.2, -0.15) is 5.01 Å². The minimum absolute atomic E-state index is 0.269. The number of nitrogens with zero attached hydrogens (tertiary/aromatic N) is 1. The number of unbranched alkanes of at least 4 members (excludes halogenated alkanes) is 3. The van der Waals surface area contributed by atoms with Crippen LogP contribution >= 0.6 is 24.0 Å². The molecule has 1 aliphatic heterocycles. The Bertz CT molecular complexity index is 1050. The summed E-state index contributed by atoms with van der Waals surface area (Å²) < 4.78 is 11.6. The molecule has 0 aromatic heterocycles. The fourth-order valence-electron chi connectivity index (χ4n) is 3.19. The summed E-state index contributed by atoms with van der Waals surface area (Å²) in [5.74, 6) is 0.502. The van der Waals surface area contributed by atoms with Gasteiger partial charge in [0.15, 0.2) is 15.8 Å². The number of nitrogens with one attached hydrogen (secondary N) is 1. The van der Waals surface area contributed by atoms with E-state index in [9.17, 15) is 9.59 Å². The number of carbonyl (C=O) groups excluding carboxylic acids is 2. The fraction of sp³-hybridized carbons (Fsp3) is 0.320. The van der Waals surface area contributed by atoms with Crippen molar-refractivity contribution in [3.8, 4) is 11.5 Å². The molecule has 1 aliphatic rings. The summed E-state index contributed by atoms with van der Waals surface area (Å²) in [6.07, 6.45) is 6.24. The van der Waals surface area contributed by atoms with Gasteiger partial charge in [0, 0.05) is 5.56 Å². The molecule has 0 spiro atoms. The number of thiocarbonyl (C=S) groups is 1. The highest BCUT2D eigenvalue weighted by molar-refractivity contribution is 8.26. The Labute approximate surface area is 204 Å². The van der Waals surface area contributed by atoms with Crippen molar-refractivity contribution < 1.29 is 19.1 Å². The Balaban J connectivity index is 1.67. The summed E-state index contributed by atoms with van der Waals surface area (Å²) in [6.45, 7) is 4.75. The van der Waals surface area contributed by atoms with Gasteiger partial charge in [-0.3, -0.25) is 15.0 Å². The maximum atomic E-state index is 12.9. The van der Waals surface area contributed by atoms with E-state index in [2.05, 4.69) is 12.3 Å². The number of carbonyl (C=O) groups is 2. The first-order valence-electron chi connectivity index (χ1n) is 10.9. The lowest BCUT2D eigenvalue weighted by Crippen LogP contribution is -2.44. The lowest BCUT2D eigenvalue weighted by molar-refractivity contribution is -0.123. The number of methoxy groups -OCH3 is 1. The molecule has 0 bridgehead atoms. The van der Waals surface area contributed by atoms with Crippen LogP contribution in [0, 0.1) is 6.92 Å². The van der Waals surface area contributed by atoms with Crippen molar-refractivity contribution in [3.63, 3.8) is 0 Å². The van der Waals surface area contributed by atoms with Crippen molar-refractivity contribution in [3.05, 3.63) is 64.1 Å². The molecule has 0 radical (unpaired) electrons. The second-order valence-electron chi connectivity index (χ2n) is 7.64. The molecule has 0 unspecified atom stereocenters. The van der Waals surface area contributed by atoms with Crippen molar-refractivity contribution in [2.24, 2.45) is 0 Å². The molecule has 3 rings (SSSR count). The molecule has 2 amide bonds. The molecule has 2 aromatic rings. The summed E-state index contributed by atoms with van der Waals surface area (Å²) in [5, 5.41) is 1.11. The number of thioether (sulfide) groups is 1. The molecular weight excluding hydrogens is 456 g/mol. The van der Waals surface area contributed by atoms with Gasteiger partial charge in [-0.05, 0) is 61.5 Å². The standard InChI is InChI=1S/C25H28N2O4S2/c1-4-5-6-7-14-31-20-13-10-18(15-21(20)30-3)16-22-24(29)27(25(32)33-22)26-23(28)19-11-8-17(2)9-12-19/h8-13,15-16H,4-7,14H2,1-3H3,(H,26,28)/b22-16-. The third kappa shape index (κ3) is 6.58. The molecule has 174 valence electrons. The van der Waals surface area contributed by atoms with Crippen molar-refractivity contribution in [2.75, 3.05) is 13.7 Å². The highest BCUT2D eigenvalue weighted by Gasteiger charge is 2.33.